The van der Waals surface area contributed by atoms with E-state index in [2.05, 4.69) is 25.2 Å². The van der Waals surface area contributed by atoms with Crippen LogP contribution < -0.4 is 15.0 Å². The van der Waals surface area contributed by atoms with Gasteiger partial charge in [-0.25, -0.2) is 15.0 Å². The van der Waals surface area contributed by atoms with Crippen LogP contribution in [0.5, 0.6) is 5.75 Å². The number of piperazine rings is 1. The van der Waals surface area contributed by atoms with Gasteiger partial charge in [0.15, 0.2) is 5.13 Å². The van der Waals surface area contributed by atoms with Crippen LogP contribution in [0.4, 0.5) is 16.8 Å². The summed E-state index contributed by atoms with van der Waals surface area (Å²) in [7, 11) is 1.68. The zero-order valence-corrected chi connectivity index (χ0v) is 18.1. The van der Waals surface area contributed by atoms with Gasteiger partial charge in [-0.05, 0) is 32.0 Å². The third-order valence-corrected chi connectivity index (χ3v) is 5.67. The van der Waals surface area contributed by atoms with Gasteiger partial charge in [0.2, 0.25) is 5.95 Å². The molecule has 3 heterocycles. The number of para-hydroxylation sites is 2. The summed E-state index contributed by atoms with van der Waals surface area (Å²) in [5.41, 5.74) is 3.26. The number of amides is 1. The van der Waals surface area contributed by atoms with Gasteiger partial charge >= 0.3 is 0 Å². The van der Waals surface area contributed by atoms with E-state index in [0.29, 0.717) is 29.9 Å². The quantitative estimate of drug-likeness (QED) is 0.673. The topological polar surface area (TPSA) is 83.5 Å². The number of rotatable bonds is 5. The van der Waals surface area contributed by atoms with Crippen molar-refractivity contribution in [3.63, 3.8) is 0 Å². The third kappa shape index (κ3) is 4.35. The molecule has 0 radical (unpaired) electrons. The highest BCUT2D eigenvalue weighted by Crippen LogP contribution is 2.28. The molecular weight excluding hydrogens is 400 g/mol. The molecule has 0 atom stereocenters. The Hall–Kier alpha value is -3.20. The molecule has 1 saturated heterocycles. The highest BCUT2D eigenvalue weighted by Gasteiger charge is 2.25. The number of carbonyl (C=O) groups excluding carboxylic acids is 1. The lowest BCUT2D eigenvalue weighted by Gasteiger charge is -2.36. The summed E-state index contributed by atoms with van der Waals surface area (Å²) in [5, 5.41) is 5.48. The van der Waals surface area contributed by atoms with Crippen molar-refractivity contribution in [1.82, 2.24) is 19.9 Å². The van der Waals surface area contributed by atoms with Crippen molar-refractivity contribution in [2.45, 2.75) is 13.8 Å². The molecule has 3 aromatic rings. The number of nitrogens with zero attached hydrogens (tertiary/aromatic N) is 5. The number of anilines is 3. The molecule has 0 bridgehead atoms. The minimum absolute atomic E-state index is 0.0553. The lowest BCUT2D eigenvalue weighted by molar-refractivity contribution is 0.0741. The summed E-state index contributed by atoms with van der Waals surface area (Å²) in [5.74, 6) is 1.28. The van der Waals surface area contributed by atoms with Crippen molar-refractivity contribution in [1.29, 1.82) is 0 Å². The number of benzene rings is 1. The lowest BCUT2D eigenvalue weighted by atomic mass is 10.2. The Bertz CT molecular complexity index is 1030. The summed E-state index contributed by atoms with van der Waals surface area (Å²) < 4.78 is 5.46. The number of ether oxygens (including phenoxy) is 1. The molecule has 0 aliphatic carbocycles. The SMILES string of the molecule is COc1ccccc1N1CCN(C(=O)c2csc(Nc3nc(C)cc(C)n3)n2)CC1. The van der Waals surface area contributed by atoms with Crippen LogP contribution in [0.25, 0.3) is 0 Å². The largest absolute Gasteiger partial charge is 0.495 e. The van der Waals surface area contributed by atoms with E-state index < -0.39 is 0 Å². The number of thiazole rings is 1. The second kappa shape index (κ2) is 8.66. The molecule has 30 heavy (non-hydrogen) atoms. The zero-order chi connectivity index (χ0) is 21.1. The van der Waals surface area contributed by atoms with Crippen molar-refractivity contribution in [2.75, 3.05) is 43.5 Å². The first-order valence-electron chi connectivity index (χ1n) is 9.75. The molecule has 4 rings (SSSR count). The first-order chi connectivity index (χ1) is 14.5. The Morgan fingerprint density at radius 2 is 1.77 bits per heavy atom. The Morgan fingerprint density at radius 3 is 2.47 bits per heavy atom. The molecule has 9 heteroatoms. The molecule has 0 spiro atoms. The second-order valence-corrected chi connectivity index (χ2v) is 7.95. The Kier molecular flexibility index (Phi) is 5.80. The van der Waals surface area contributed by atoms with Crippen LogP contribution in [0.2, 0.25) is 0 Å². The molecule has 1 aliphatic rings. The van der Waals surface area contributed by atoms with E-state index >= 15 is 0 Å². The van der Waals surface area contributed by atoms with E-state index in [4.69, 9.17) is 4.74 Å². The molecule has 0 unspecified atom stereocenters. The van der Waals surface area contributed by atoms with Crippen LogP contribution in [-0.2, 0) is 0 Å². The normalized spacial score (nSPS) is 14.0. The Balaban J connectivity index is 1.39. The van der Waals surface area contributed by atoms with Gasteiger partial charge in [0.25, 0.3) is 5.91 Å². The average molecular weight is 425 g/mol. The third-order valence-electron chi connectivity index (χ3n) is 4.92. The number of nitrogens with one attached hydrogen (secondary N) is 1. The van der Waals surface area contributed by atoms with Crippen molar-refractivity contribution in [2.24, 2.45) is 0 Å². The number of hydrogen-bond acceptors (Lipinski definition) is 8. The summed E-state index contributed by atoms with van der Waals surface area (Å²) in [4.78, 5) is 30.2. The maximum absolute atomic E-state index is 12.9. The molecule has 0 saturated carbocycles. The van der Waals surface area contributed by atoms with Gasteiger partial charge in [0.1, 0.15) is 11.4 Å². The van der Waals surface area contributed by atoms with Crippen molar-refractivity contribution in [3.05, 3.63) is 52.8 Å². The van der Waals surface area contributed by atoms with Crippen LogP contribution in [-0.4, -0.2) is 59.0 Å². The molecule has 1 aliphatic heterocycles. The van der Waals surface area contributed by atoms with Crippen LogP contribution in [0.3, 0.4) is 0 Å². The predicted molar refractivity (Wildman–Crippen MR) is 118 cm³/mol. The Labute approximate surface area is 179 Å². The van der Waals surface area contributed by atoms with E-state index in [0.717, 1.165) is 35.9 Å². The first-order valence-corrected chi connectivity index (χ1v) is 10.6. The van der Waals surface area contributed by atoms with Crippen LogP contribution >= 0.6 is 11.3 Å². The fourth-order valence-electron chi connectivity index (χ4n) is 3.51. The summed E-state index contributed by atoms with van der Waals surface area (Å²) in [6, 6.07) is 9.87. The molecule has 1 aromatic carbocycles. The van der Waals surface area contributed by atoms with E-state index in [-0.39, 0.29) is 5.91 Å². The minimum Gasteiger partial charge on any atom is -0.495 e. The number of hydrogen-bond donors (Lipinski definition) is 1. The highest BCUT2D eigenvalue weighted by molar-refractivity contribution is 7.14. The predicted octanol–water partition coefficient (Wildman–Crippen LogP) is 3.26. The van der Waals surface area contributed by atoms with Gasteiger partial charge in [-0.2, -0.15) is 0 Å². The fraction of sp³-hybridized carbons (Fsp3) is 0.333. The van der Waals surface area contributed by atoms with Crippen LogP contribution in [0.1, 0.15) is 21.9 Å². The molecule has 156 valence electrons. The van der Waals surface area contributed by atoms with Gasteiger partial charge in [0.05, 0.1) is 12.8 Å². The molecule has 1 N–H and O–H groups in total. The van der Waals surface area contributed by atoms with Crippen molar-refractivity contribution in [3.8, 4) is 5.75 Å². The number of aryl methyl sites for hydroxylation is 2. The van der Waals surface area contributed by atoms with Crippen LogP contribution in [0, 0.1) is 13.8 Å². The van der Waals surface area contributed by atoms with E-state index in [1.807, 2.05) is 49.1 Å². The van der Waals surface area contributed by atoms with Gasteiger partial charge in [-0.15, -0.1) is 11.3 Å². The summed E-state index contributed by atoms with van der Waals surface area (Å²) in [6.07, 6.45) is 0. The van der Waals surface area contributed by atoms with E-state index in [1.54, 1.807) is 12.5 Å². The number of aromatic nitrogens is 3. The summed E-state index contributed by atoms with van der Waals surface area (Å²) in [6.45, 7) is 6.60. The number of carbonyl (C=O) groups is 1. The van der Waals surface area contributed by atoms with Crippen molar-refractivity contribution < 1.29 is 9.53 Å². The first kappa shape index (κ1) is 20.1. The van der Waals surface area contributed by atoms with E-state index in [1.165, 1.54) is 11.3 Å². The smallest absolute Gasteiger partial charge is 0.273 e. The van der Waals surface area contributed by atoms with E-state index in [9.17, 15) is 4.79 Å². The fourth-order valence-corrected chi connectivity index (χ4v) is 4.19. The van der Waals surface area contributed by atoms with Crippen molar-refractivity contribution >= 4 is 34.0 Å². The van der Waals surface area contributed by atoms with Gasteiger partial charge < -0.3 is 19.9 Å². The van der Waals surface area contributed by atoms with Gasteiger partial charge in [0, 0.05) is 42.9 Å². The highest BCUT2D eigenvalue weighted by atomic mass is 32.1. The second-order valence-electron chi connectivity index (χ2n) is 7.09. The molecule has 2 aromatic heterocycles. The monoisotopic (exact) mass is 424 g/mol. The van der Waals surface area contributed by atoms with Crippen LogP contribution in [0.15, 0.2) is 35.7 Å². The lowest BCUT2D eigenvalue weighted by Crippen LogP contribution is -2.49. The number of methoxy groups -OCH3 is 1. The minimum atomic E-state index is -0.0553. The summed E-state index contributed by atoms with van der Waals surface area (Å²) >= 11 is 1.37. The average Bonchev–Trinajstić information content (AvgIpc) is 3.21. The standard InChI is InChI=1S/C21H24N6O2S/c1-14-12-15(2)23-20(22-14)25-21-24-16(13-30-21)19(28)27-10-8-26(9-11-27)17-6-4-5-7-18(17)29-3/h4-7,12-13H,8-11H2,1-3H3,(H,22,23,24,25). The molecule has 8 nitrogen and oxygen atoms in total. The molecular formula is C21H24N6O2S. The maximum Gasteiger partial charge on any atom is 0.273 e. The zero-order valence-electron chi connectivity index (χ0n) is 17.3. The maximum atomic E-state index is 12.9. The Morgan fingerprint density at radius 1 is 1.07 bits per heavy atom. The van der Waals surface area contributed by atoms with Gasteiger partial charge in [-0.3, -0.25) is 4.79 Å². The molecule has 1 fully saturated rings. The van der Waals surface area contributed by atoms with Gasteiger partial charge in [-0.1, -0.05) is 12.1 Å². The molecule has 1 amide bonds.